The third-order valence-corrected chi connectivity index (χ3v) is 3.08. The highest BCUT2D eigenvalue weighted by molar-refractivity contribution is 6.30. The van der Waals surface area contributed by atoms with E-state index < -0.39 is 24.3 Å². The molecule has 0 saturated heterocycles. The van der Waals surface area contributed by atoms with Gasteiger partial charge in [0.05, 0.1) is 5.69 Å². The first-order chi connectivity index (χ1) is 10.9. The molecule has 1 heterocycles. The van der Waals surface area contributed by atoms with Crippen molar-refractivity contribution in [2.24, 2.45) is 0 Å². The zero-order valence-electron chi connectivity index (χ0n) is 12.0. The Bertz CT molecular complexity index is 773. The number of aromatic amines is 1. The molecule has 6 nitrogen and oxygen atoms in total. The van der Waals surface area contributed by atoms with Gasteiger partial charge in [-0.05, 0) is 31.2 Å². The smallest absolute Gasteiger partial charge is 0.355 e. The summed E-state index contributed by atoms with van der Waals surface area (Å²) in [5.41, 5.74) is 0.291. The molecular formula is C15H12ClFN2O4. The Labute approximate surface area is 135 Å². The van der Waals surface area contributed by atoms with E-state index in [1.165, 1.54) is 31.3 Å². The third kappa shape index (κ3) is 4.40. The van der Waals surface area contributed by atoms with Gasteiger partial charge < -0.3 is 15.0 Å². The number of anilines is 1. The molecule has 0 aliphatic heterocycles. The molecule has 0 atom stereocenters. The van der Waals surface area contributed by atoms with Crippen LogP contribution in [0.4, 0.5) is 10.1 Å². The fraction of sp³-hybridized carbons (Fsp3) is 0.133. The monoisotopic (exact) mass is 338 g/mol. The second-order valence-corrected chi connectivity index (χ2v) is 5.04. The van der Waals surface area contributed by atoms with E-state index in [2.05, 4.69) is 10.3 Å². The summed E-state index contributed by atoms with van der Waals surface area (Å²) in [4.78, 5) is 37.1. The molecule has 0 unspecified atom stereocenters. The minimum Gasteiger partial charge on any atom is -0.451 e. The molecule has 8 heteroatoms. The van der Waals surface area contributed by atoms with Gasteiger partial charge in [-0.15, -0.1) is 0 Å². The molecule has 0 aliphatic carbocycles. The van der Waals surface area contributed by atoms with Gasteiger partial charge in [-0.3, -0.25) is 9.59 Å². The molecule has 120 valence electrons. The summed E-state index contributed by atoms with van der Waals surface area (Å²) in [6.45, 7) is 0.752. The summed E-state index contributed by atoms with van der Waals surface area (Å²) in [5.74, 6) is -2.42. The van der Waals surface area contributed by atoms with Gasteiger partial charge in [-0.1, -0.05) is 11.6 Å². The van der Waals surface area contributed by atoms with Crippen LogP contribution < -0.4 is 5.32 Å². The van der Waals surface area contributed by atoms with Crippen molar-refractivity contribution in [3.63, 3.8) is 0 Å². The Kier molecular flexibility index (Phi) is 5.13. The van der Waals surface area contributed by atoms with E-state index in [1.807, 2.05) is 0 Å². The number of esters is 1. The topological polar surface area (TPSA) is 88.3 Å². The number of nitrogens with one attached hydrogen (secondary N) is 2. The zero-order valence-corrected chi connectivity index (χ0v) is 12.7. The number of hydrogen-bond donors (Lipinski definition) is 2. The van der Waals surface area contributed by atoms with Crippen molar-refractivity contribution in [2.75, 3.05) is 11.9 Å². The number of aromatic nitrogens is 1. The molecule has 0 saturated carbocycles. The fourth-order valence-corrected chi connectivity index (χ4v) is 1.86. The minimum absolute atomic E-state index is 0.0423. The number of carbonyl (C=O) groups excluding carboxylic acids is 3. The van der Waals surface area contributed by atoms with E-state index in [1.54, 1.807) is 0 Å². The second-order valence-electron chi connectivity index (χ2n) is 4.61. The number of H-pyrrole nitrogens is 1. The molecule has 2 N–H and O–H groups in total. The van der Waals surface area contributed by atoms with Crippen molar-refractivity contribution in [1.29, 1.82) is 0 Å². The van der Waals surface area contributed by atoms with Crippen LogP contribution in [0.2, 0.25) is 5.02 Å². The van der Waals surface area contributed by atoms with Crippen LogP contribution >= 0.6 is 11.6 Å². The molecule has 2 aromatic rings. The Hall–Kier alpha value is -2.67. The second kappa shape index (κ2) is 7.06. The lowest BCUT2D eigenvalue weighted by Gasteiger charge is -2.07. The average molecular weight is 339 g/mol. The van der Waals surface area contributed by atoms with Gasteiger partial charge in [0.1, 0.15) is 11.5 Å². The van der Waals surface area contributed by atoms with E-state index in [9.17, 15) is 18.8 Å². The van der Waals surface area contributed by atoms with Gasteiger partial charge >= 0.3 is 5.97 Å². The normalized spacial score (nSPS) is 10.2. The number of benzene rings is 1. The number of halogens is 2. The van der Waals surface area contributed by atoms with Gasteiger partial charge in [-0.25, -0.2) is 9.18 Å². The minimum atomic E-state index is -0.802. The molecule has 0 radical (unpaired) electrons. The number of ether oxygens (including phenoxy) is 1. The van der Waals surface area contributed by atoms with Crippen LogP contribution in [0.15, 0.2) is 30.5 Å². The van der Waals surface area contributed by atoms with Crippen molar-refractivity contribution < 1.29 is 23.5 Å². The molecule has 0 spiro atoms. The van der Waals surface area contributed by atoms with Crippen LogP contribution in [-0.2, 0) is 9.53 Å². The molecule has 23 heavy (non-hydrogen) atoms. The van der Waals surface area contributed by atoms with Crippen molar-refractivity contribution in [1.82, 2.24) is 4.98 Å². The largest absolute Gasteiger partial charge is 0.451 e. The summed E-state index contributed by atoms with van der Waals surface area (Å²) < 4.78 is 18.3. The molecular weight excluding hydrogens is 327 g/mol. The van der Waals surface area contributed by atoms with E-state index in [0.717, 1.165) is 6.07 Å². The highest BCUT2D eigenvalue weighted by Crippen LogP contribution is 2.18. The van der Waals surface area contributed by atoms with Gasteiger partial charge in [0.2, 0.25) is 0 Å². The summed E-state index contributed by atoms with van der Waals surface area (Å²) in [6.07, 6.45) is 1.36. The number of amides is 1. The standard InChI is InChI=1S/C15H12ClFN2O4/c1-8(20)9-4-13(18-6-9)15(22)23-7-14(21)19-12-3-2-10(16)5-11(12)17/h2-6,18H,7H2,1H3,(H,19,21). The first kappa shape index (κ1) is 16.7. The first-order valence-corrected chi connectivity index (χ1v) is 6.86. The summed E-state index contributed by atoms with van der Waals surface area (Å²) in [5, 5.41) is 2.45. The Morgan fingerprint density at radius 2 is 2.04 bits per heavy atom. The molecule has 0 fully saturated rings. The Balaban J connectivity index is 1.90. The molecule has 1 aromatic carbocycles. The fourth-order valence-electron chi connectivity index (χ4n) is 1.70. The maximum absolute atomic E-state index is 13.5. The Morgan fingerprint density at radius 1 is 1.30 bits per heavy atom. The number of Topliss-reactive ketones (excluding diaryl/α,β-unsaturated/α-hetero) is 1. The highest BCUT2D eigenvalue weighted by atomic mass is 35.5. The van der Waals surface area contributed by atoms with E-state index in [4.69, 9.17) is 16.3 Å². The molecule has 0 bridgehead atoms. The van der Waals surface area contributed by atoms with Crippen molar-refractivity contribution in [3.8, 4) is 0 Å². The molecule has 1 aromatic heterocycles. The van der Waals surface area contributed by atoms with Crippen molar-refractivity contribution in [2.45, 2.75) is 6.92 Å². The van der Waals surface area contributed by atoms with Gasteiger partial charge in [0.15, 0.2) is 12.4 Å². The predicted molar refractivity (Wildman–Crippen MR) is 81.1 cm³/mol. The molecule has 1 amide bonds. The SMILES string of the molecule is CC(=O)c1c[nH]c(C(=O)OCC(=O)Nc2ccc(Cl)cc2F)c1. The molecule has 2 rings (SSSR count). The number of rotatable bonds is 5. The van der Waals surface area contributed by atoms with Crippen molar-refractivity contribution >= 4 is 34.9 Å². The van der Waals surface area contributed by atoms with Crippen molar-refractivity contribution in [3.05, 3.63) is 52.6 Å². The quantitative estimate of drug-likeness (QED) is 0.648. The van der Waals surface area contributed by atoms with Gasteiger partial charge in [-0.2, -0.15) is 0 Å². The number of ketones is 1. The predicted octanol–water partition coefficient (Wildman–Crippen LogP) is 2.81. The van der Waals surface area contributed by atoms with Crippen LogP contribution in [0.3, 0.4) is 0 Å². The lowest BCUT2D eigenvalue weighted by Crippen LogP contribution is -2.21. The van der Waals surface area contributed by atoms with Crippen LogP contribution in [-0.4, -0.2) is 29.3 Å². The first-order valence-electron chi connectivity index (χ1n) is 6.48. The van der Waals surface area contributed by atoms with Gasteiger partial charge in [0, 0.05) is 16.8 Å². The summed E-state index contributed by atoms with van der Waals surface area (Å²) in [6, 6.07) is 5.07. The lowest BCUT2D eigenvalue weighted by molar-refractivity contribution is -0.119. The number of carbonyl (C=O) groups is 3. The maximum atomic E-state index is 13.5. The third-order valence-electron chi connectivity index (χ3n) is 2.85. The average Bonchev–Trinajstić information content (AvgIpc) is 2.98. The highest BCUT2D eigenvalue weighted by Gasteiger charge is 2.14. The van der Waals surface area contributed by atoms with Crippen LogP contribution in [0.1, 0.15) is 27.8 Å². The van der Waals surface area contributed by atoms with E-state index >= 15 is 0 Å². The summed E-state index contributed by atoms with van der Waals surface area (Å²) in [7, 11) is 0. The van der Waals surface area contributed by atoms with Crippen LogP contribution in [0.5, 0.6) is 0 Å². The Morgan fingerprint density at radius 3 is 2.65 bits per heavy atom. The summed E-state index contributed by atoms with van der Waals surface area (Å²) >= 11 is 5.60. The zero-order chi connectivity index (χ0) is 17.0. The van der Waals surface area contributed by atoms with E-state index in [-0.39, 0.29) is 22.2 Å². The van der Waals surface area contributed by atoms with E-state index in [0.29, 0.717) is 5.56 Å². The van der Waals surface area contributed by atoms with Gasteiger partial charge in [0.25, 0.3) is 5.91 Å². The van der Waals surface area contributed by atoms with Crippen LogP contribution in [0, 0.1) is 5.82 Å². The maximum Gasteiger partial charge on any atom is 0.355 e. The number of hydrogen-bond acceptors (Lipinski definition) is 4. The molecule has 0 aliphatic rings. The van der Waals surface area contributed by atoms with Crippen LogP contribution in [0.25, 0.3) is 0 Å². The lowest BCUT2D eigenvalue weighted by atomic mass is 10.2.